The molecule has 3 nitrogen and oxygen atoms in total. The number of hydrogen-bond donors (Lipinski definition) is 2. The van der Waals surface area contributed by atoms with Crippen LogP contribution in [0.1, 0.15) is 18.9 Å². The van der Waals surface area contributed by atoms with Gasteiger partial charge in [-0.2, -0.15) is 0 Å². The summed E-state index contributed by atoms with van der Waals surface area (Å²) in [6.45, 7) is 2.79. The second-order valence-corrected chi connectivity index (χ2v) is 2.84. The van der Waals surface area contributed by atoms with Crippen molar-refractivity contribution in [3.05, 3.63) is 17.8 Å². The van der Waals surface area contributed by atoms with Crippen LogP contribution in [0.3, 0.4) is 0 Å². The van der Waals surface area contributed by atoms with Crippen LogP contribution in [0.25, 0.3) is 0 Å². The van der Waals surface area contributed by atoms with Crippen LogP contribution in [0.2, 0.25) is 0 Å². The average Bonchev–Trinajstić information content (AvgIpc) is 2.47. The zero-order chi connectivity index (χ0) is 8.97. The largest absolute Gasteiger partial charge is 0.385 e. The molecule has 0 aliphatic heterocycles. The number of aliphatic imine (C=N–C) groups is 1. The van der Waals surface area contributed by atoms with E-state index in [2.05, 4.69) is 9.98 Å². The lowest BCUT2D eigenvalue weighted by atomic mass is 10.3. The smallest absolute Gasteiger partial charge is 0.134 e. The third kappa shape index (κ3) is 2.01. The van der Waals surface area contributed by atoms with Crippen molar-refractivity contribution in [2.45, 2.75) is 13.3 Å². The Morgan fingerprint density at radius 1 is 1.75 bits per heavy atom. The van der Waals surface area contributed by atoms with Crippen molar-refractivity contribution in [1.29, 1.82) is 0 Å². The van der Waals surface area contributed by atoms with Crippen molar-refractivity contribution in [2.75, 3.05) is 12.3 Å². The Bertz CT molecular complexity index is 278. The normalized spacial score (nSPS) is 12.0. The van der Waals surface area contributed by atoms with E-state index in [4.69, 9.17) is 17.3 Å². The molecule has 1 rings (SSSR count). The van der Waals surface area contributed by atoms with Crippen LogP contribution in [-0.4, -0.2) is 16.7 Å². The minimum Gasteiger partial charge on any atom is -0.385 e. The Kier molecular flexibility index (Phi) is 3.17. The van der Waals surface area contributed by atoms with Gasteiger partial charge in [-0.15, -0.1) is 0 Å². The standard InChI is InChI=1S/C8H12ClN3/c1-2-4-11-7(9)6-3-5-12-8(6)10/h3,5,12H,2,4,10H2,1H3. The summed E-state index contributed by atoms with van der Waals surface area (Å²) in [6.07, 6.45) is 2.73. The molecular weight excluding hydrogens is 174 g/mol. The number of nitrogens with two attached hydrogens (primary N) is 1. The van der Waals surface area contributed by atoms with Crippen molar-refractivity contribution in [3.8, 4) is 0 Å². The van der Waals surface area contributed by atoms with Crippen LogP contribution in [0.15, 0.2) is 17.3 Å². The molecule has 0 aliphatic rings. The van der Waals surface area contributed by atoms with Gasteiger partial charge in [0.15, 0.2) is 0 Å². The van der Waals surface area contributed by atoms with E-state index in [9.17, 15) is 0 Å². The molecule has 0 atom stereocenters. The first kappa shape index (κ1) is 9.13. The molecule has 66 valence electrons. The Labute approximate surface area is 76.6 Å². The first-order valence-electron chi connectivity index (χ1n) is 3.89. The molecule has 0 aliphatic carbocycles. The zero-order valence-corrected chi connectivity index (χ0v) is 7.73. The van der Waals surface area contributed by atoms with Crippen LogP contribution < -0.4 is 5.73 Å². The number of nitrogen functional groups attached to an aromatic ring is 1. The van der Waals surface area contributed by atoms with Crippen LogP contribution in [0.5, 0.6) is 0 Å². The SMILES string of the molecule is CCCN=C(Cl)c1cc[nH]c1N. The number of aromatic nitrogens is 1. The first-order valence-corrected chi connectivity index (χ1v) is 4.26. The molecule has 3 N–H and O–H groups in total. The minimum atomic E-state index is 0.482. The van der Waals surface area contributed by atoms with Crippen molar-refractivity contribution in [3.63, 3.8) is 0 Å². The van der Waals surface area contributed by atoms with Gasteiger partial charge >= 0.3 is 0 Å². The Morgan fingerprint density at radius 3 is 3.00 bits per heavy atom. The van der Waals surface area contributed by atoms with E-state index < -0.39 is 0 Å². The summed E-state index contributed by atoms with van der Waals surface area (Å²) in [7, 11) is 0. The maximum absolute atomic E-state index is 5.88. The number of nitrogens with one attached hydrogen (secondary N) is 1. The summed E-state index contributed by atoms with van der Waals surface area (Å²) < 4.78 is 0. The van der Waals surface area contributed by atoms with Gasteiger partial charge in [-0.05, 0) is 12.5 Å². The number of H-pyrrole nitrogens is 1. The summed E-state index contributed by atoms with van der Waals surface area (Å²) >= 11 is 5.88. The molecule has 0 spiro atoms. The molecule has 0 amide bonds. The predicted octanol–water partition coefficient (Wildman–Crippen LogP) is 1.99. The Hall–Kier alpha value is -0.960. The van der Waals surface area contributed by atoms with Gasteiger partial charge in [-0.1, -0.05) is 18.5 Å². The summed E-state index contributed by atoms with van der Waals surface area (Å²) in [6, 6.07) is 1.82. The average molecular weight is 186 g/mol. The molecule has 1 aromatic heterocycles. The molecule has 0 unspecified atom stereocenters. The van der Waals surface area contributed by atoms with Crippen molar-refractivity contribution >= 4 is 22.6 Å². The van der Waals surface area contributed by atoms with E-state index in [1.807, 2.05) is 13.0 Å². The van der Waals surface area contributed by atoms with Gasteiger partial charge in [0.2, 0.25) is 0 Å². The third-order valence-electron chi connectivity index (χ3n) is 1.48. The van der Waals surface area contributed by atoms with E-state index in [0.717, 1.165) is 18.5 Å². The van der Waals surface area contributed by atoms with E-state index in [1.54, 1.807) is 6.20 Å². The van der Waals surface area contributed by atoms with Crippen LogP contribution >= 0.6 is 11.6 Å². The van der Waals surface area contributed by atoms with E-state index >= 15 is 0 Å². The second kappa shape index (κ2) is 4.16. The predicted molar refractivity (Wildman–Crippen MR) is 52.8 cm³/mol. The highest BCUT2D eigenvalue weighted by Gasteiger charge is 2.03. The number of anilines is 1. The highest BCUT2D eigenvalue weighted by molar-refractivity contribution is 6.70. The lowest BCUT2D eigenvalue weighted by Gasteiger charge is -1.95. The number of halogens is 1. The Balaban J connectivity index is 2.77. The molecule has 1 heterocycles. The van der Waals surface area contributed by atoms with Gasteiger partial charge in [-0.25, -0.2) is 0 Å². The van der Waals surface area contributed by atoms with Gasteiger partial charge in [0.1, 0.15) is 11.0 Å². The summed E-state index contributed by atoms with van der Waals surface area (Å²) in [5, 5.41) is 0.482. The minimum absolute atomic E-state index is 0.482. The van der Waals surface area contributed by atoms with Crippen LogP contribution in [0, 0.1) is 0 Å². The maximum Gasteiger partial charge on any atom is 0.134 e. The molecule has 0 saturated heterocycles. The van der Waals surface area contributed by atoms with Crippen LogP contribution in [-0.2, 0) is 0 Å². The molecule has 12 heavy (non-hydrogen) atoms. The topological polar surface area (TPSA) is 54.2 Å². The van der Waals surface area contributed by atoms with Gasteiger partial charge in [0.25, 0.3) is 0 Å². The quantitative estimate of drug-likeness (QED) is 0.696. The number of hydrogen-bond acceptors (Lipinski definition) is 2. The second-order valence-electron chi connectivity index (χ2n) is 2.48. The summed E-state index contributed by atoms with van der Waals surface area (Å²) in [5.74, 6) is 0.569. The van der Waals surface area contributed by atoms with Gasteiger partial charge in [0.05, 0.1) is 5.56 Å². The fourth-order valence-corrected chi connectivity index (χ4v) is 1.11. The van der Waals surface area contributed by atoms with Crippen molar-refractivity contribution in [1.82, 2.24) is 4.98 Å². The van der Waals surface area contributed by atoms with Gasteiger partial charge < -0.3 is 10.7 Å². The number of nitrogens with zero attached hydrogens (tertiary/aromatic N) is 1. The van der Waals surface area contributed by atoms with Gasteiger partial charge in [-0.3, -0.25) is 4.99 Å². The number of rotatable bonds is 3. The van der Waals surface area contributed by atoms with E-state index in [-0.39, 0.29) is 0 Å². The maximum atomic E-state index is 5.88. The molecule has 0 saturated carbocycles. The fourth-order valence-electron chi connectivity index (χ4n) is 0.857. The molecule has 0 fully saturated rings. The monoisotopic (exact) mass is 185 g/mol. The van der Waals surface area contributed by atoms with Crippen molar-refractivity contribution in [2.24, 2.45) is 4.99 Å². The van der Waals surface area contributed by atoms with Crippen LogP contribution in [0.4, 0.5) is 5.82 Å². The molecular formula is C8H12ClN3. The zero-order valence-electron chi connectivity index (χ0n) is 6.97. The van der Waals surface area contributed by atoms with E-state index in [1.165, 1.54) is 0 Å². The lowest BCUT2D eigenvalue weighted by molar-refractivity contribution is 0.935. The molecule has 1 aromatic rings. The fraction of sp³-hybridized carbons (Fsp3) is 0.375. The highest BCUT2D eigenvalue weighted by atomic mass is 35.5. The van der Waals surface area contributed by atoms with Gasteiger partial charge in [0, 0.05) is 12.7 Å². The molecule has 0 radical (unpaired) electrons. The molecule has 0 bridgehead atoms. The van der Waals surface area contributed by atoms with Crippen molar-refractivity contribution < 1.29 is 0 Å². The molecule has 4 heteroatoms. The third-order valence-corrected chi connectivity index (χ3v) is 1.80. The first-order chi connectivity index (χ1) is 5.75. The summed E-state index contributed by atoms with van der Waals surface area (Å²) in [4.78, 5) is 6.97. The highest BCUT2D eigenvalue weighted by Crippen LogP contribution is 2.12. The number of aromatic amines is 1. The molecule has 0 aromatic carbocycles. The van der Waals surface area contributed by atoms with E-state index in [0.29, 0.717) is 11.0 Å². The summed E-state index contributed by atoms with van der Waals surface area (Å²) in [5.41, 5.74) is 6.37. The lowest BCUT2D eigenvalue weighted by Crippen LogP contribution is -1.96. The Morgan fingerprint density at radius 2 is 2.50 bits per heavy atom.